The summed E-state index contributed by atoms with van der Waals surface area (Å²) in [6, 6.07) is 19.5. The van der Waals surface area contributed by atoms with Crippen molar-refractivity contribution in [3.8, 4) is 28.0 Å². The van der Waals surface area contributed by atoms with Crippen LogP contribution in [0, 0.1) is 23.5 Å². The van der Waals surface area contributed by atoms with Crippen molar-refractivity contribution in [1.82, 2.24) is 0 Å². The van der Waals surface area contributed by atoms with Crippen molar-refractivity contribution in [3.05, 3.63) is 77.9 Å². The smallest absolute Gasteiger partial charge is 0.201 e. The molecule has 0 unspecified atom stereocenters. The van der Waals surface area contributed by atoms with Gasteiger partial charge in [-0.05, 0) is 65.5 Å². The number of hydrogen-bond donors (Lipinski definition) is 0. The summed E-state index contributed by atoms with van der Waals surface area (Å²) < 4.78 is 35.4. The van der Waals surface area contributed by atoms with Gasteiger partial charge in [-0.15, -0.1) is 0 Å². The van der Waals surface area contributed by atoms with Crippen LogP contribution < -0.4 is 4.74 Å². The van der Waals surface area contributed by atoms with Crippen LogP contribution in [0.2, 0.25) is 0 Å². The zero-order valence-electron chi connectivity index (χ0n) is 23.3. The predicted octanol–water partition coefficient (Wildman–Crippen LogP) is 10.8. The van der Waals surface area contributed by atoms with E-state index >= 15 is 0 Å². The van der Waals surface area contributed by atoms with E-state index < -0.39 is 11.6 Å². The third kappa shape index (κ3) is 7.91. The summed E-state index contributed by atoms with van der Waals surface area (Å²) in [5, 5.41) is 0. The largest absolute Gasteiger partial charge is 0.490 e. The van der Waals surface area contributed by atoms with Crippen LogP contribution in [0.3, 0.4) is 0 Å². The molecule has 3 aromatic carbocycles. The van der Waals surface area contributed by atoms with Gasteiger partial charge in [-0.2, -0.15) is 4.39 Å². The maximum atomic E-state index is 15.0. The Labute approximate surface area is 228 Å². The fraction of sp³-hybridized carbons (Fsp3) is 0.486. The van der Waals surface area contributed by atoms with Crippen molar-refractivity contribution >= 4 is 0 Å². The lowest BCUT2D eigenvalue weighted by Crippen LogP contribution is -2.12. The Kier molecular flexibility index (Phi) is 10.8. The average molecular weight is 519 g/mol. The molecule has 3 aromatic rings. The summed E-state index contributed by atoms with van der Waals surface area (Å²) in [4.78, 5) is 0. The first-order valence-corrected chi connectivity index (χ1v) is 14.9. The molecular formula is C35H44F2O. The highest BCUT2D eigenvalue weighted by Crippen LogP contribution is 2.33. The van der Waals surface area contributed by atoms with Gasteiger partial charge in [-0.25, -0.2) is 4.39 Å². The number of rotatable bonds is 13. The predicted molar refractivity (Wildman–Crippen MR) is 156 cm³/mol. The number of unbranched alkanes of at least 4 members (excludes halogenated alkanes) is 4. The molecule has 0 aliphatic heterocycles. The van der Waals surface area contributed by atoms with Crippen molar-refractivity contribution in [1.29, 1.82) is 0 Å². The van der Waals surface area contributed by atoms with Crippen molar-refractivity contribution in [2.75, 3.05) is 6.61 Å². The minimum Gasteiger partial charge on any atom is -0.490 e. The second-order valence-corrected chi connectivity index (χ2v) is 11.3. The molecule has 1 aliphatic rings. The van der Waals surface area contributed by atoms with Gasteiger partial charge in [0.1, 0.15) is 0 Å². The molecule has 0 aromatic heterocycles. The van der Waals surface area contributed by atoms with E-state index in [1.54, 1.807) is 12.1 Å². The molecule has 1 fully saturated rings. The maximum Gasteiger partial charge on any atom is 0.201 e. The quantitative estimate of drug-likeness (QED) is 0.204. The fourth-order valence-corrected chi connectivity index (χ4v) is 5.66. The summed E-state index contributed by atoms with van der Waals surface area (Å²) in [5.74, 6) is 0.0209. The number of halogens is 2. The summed E-state index contributed by atoms with van der Waals surface area (Å²) in [6.45, 7) is 4.99. The Morgan fingerprint density at radius 1 is 0.684 bits per heavy atom. The first kappa shape index (κ1) is 28.3. The van der Waals surface area contributed by atoms with E-state index in [1.165, 1.54) is 63.4 Å². The minimum atomic E-state index is -0.901. The van der Waals surface area contributed by atoms with Gasteiger partial charge >= 0.3 is 0 Å². The molecule has 0 bridgehead atoms. The van der Waals surface area contributed by atoms with Crippen LogP contribution in [0.25, 0.3) is 22.3 Å². The third-order valence-corrected chi connectivity index (χ3v) is 8.25. The zero-order valence-corrected chi connectivity index (χ0v) is 23.3. The van der Waals surface area contributed by atoms with Crippen molar-refractivity contribution in [2.45, 2.75) is 90.9 Å². The lowest BCUT2D eigenvalue weighted by atomic mass is 9.80. The highest BCUT2D eigenvalue weighted by atomic mass is 19.2. The van der Waals surface area contributed by atoms with Gasteiger partial charge in [0, 0.05) is 5.56 Å². The van der Waals surface area contributed by atoms with E-state index in [0.717, 1.165) is 42.2 Å². The molecule has 1 aliphatic carbocycles. The van der Waals surface area contributed by atoms with Crippen LogP contribution in [0.4, 0.5) is 8.78 Å². The Hall–Kier alpha value is -2.68. The van der Waals surface area contributed by atoms with Crippen LogP contribution in [0.1, 0.15) is 90.0 Å². The summed E-state index contributed by atoms with van der Waals surface area (Å²) in [7, 11) is 0. The van der Waals surface area contributed by atoms with Gasteiger partial charge in [0.25, 0.3) is 0 Å². The van der Waals surface area contributed by atoms with Gasteiger partial charge in [0.15, 0.2) is 11.6 Å². The molecule has 204 valence electrons. The summed E-state index contributed by atoms with van der Waals surface area (Å²) >= 11 is 0. The van der Waals surface area contributed by atoms with Crippen molar-refractivity contribution < 1.29 is 13.5 Å². The number of benzene rings is 3. The second kappa shape index (κ2) is 14.5. The van der Waals surface area contributed by atoms with E-state index in [9.17, 15) is 8.78 Å². The van der Waals surface area contributed by atoms with Gasteiger partial charge in [-0.1, -0.05) is 120 Å². The first-order chi connectivity index (χ1) is 18.5. The summed E-state index contributed by atoms with van der Waals surface area (Å²) in [6.07, 6.45) is 14.7. The topological polar surface area (TPSA) is 9.23 Å². The number of ether oxygens (including phenoxy) is 1. The Morgan fingerprint density at radius 2 is 1.34 bits per heavy atom. The SMILES string of the molecule is CCCCCc1ccc(-c2ccc(-c3ccc(OCCCCCC4CCC(C)CC4)c(F)c3F)cc2)cc1. The van der Waals surface area contributed by atoms with Gasteiger partial charge < -0.3 is 4.74 Å². The molecule has 1 saturated carbocycles. The fourth-order valence-electron chi connectivity index (χ4n) is 5.66. The van der Waals surface area contributed by atoms with E-state index in [0.29, 0.717) is 12.2 Å². The third-order valence-electron chi connectivity index (χ3n) is 8.25. The van der Waals surface area contributed by atoms with Crippen LogP contribution in [0.5, 0.6) is 5.75 Å². The van der Waals surface area contributed by atoms with E-state index in [4.69, 9.17) is 4.74 Å². The summed E-state index contributed by atoms with van der Waals surface area (Å²) in [5.41, 5.74) is 4.46. The Morgan fingerprint density at radius 3 is 2.03 bits per heavy atom. The molecule has 0 atom stereocenters. The van der Waals surface area contributed by atoms with Gasteiger partial charge in [0.05, 0.1) is 6.61 Å². The molecule has 0 N–H and O–H groups in total. The molecule has 0 saturated heterocycles. The van der Waals surface area contributed by atoms with Crippen LogP contribution in [-0.4, -0.2) is 6.61 Å². The lowest BCUT2D eigenvalue weighted by Gasteiger charge is -2.26. The normalized spacial score (nSPS) is 17.5. The molecule has 1 nitrogen and oxygen atoms in total. The molecule has 0 radical (unpaired) electrons. The maximum absolute atomic E-state index is 15.0. The van der Waals surface area contributed by atoms with Gasteiger partial charge in [-0.3, -0.25) is 0 Å². The van der Waals surface area contributed by atoms with Crippen LogP contribution in [0.15, 0.2) is 60.7 Å². The standard InChI is InChI=1S/C35H44F2O/c1-3-4-6-9-28-15-17-29(18-16-28)30-19-21-31(22-20-30)32-23-24-33(35(37)34(32)36)38-25-8-5-7-10-27-13-11-26(2)12-14-27/h15-24,26-27H,3-14,25H2,1-2H3. The zero-order chi connectivity index (χ0) is 26.7. The molecule has 38 heavy (non-hydrogen) atoms. The van der Waals surface area contributed by atoms with E-state index in [2.05, 4.69) is 38.1 Å². The second-order valence-electron chi connectivity index (χ2n) is 11.3. The lowest BCUT2D eigenvalue weighted by molar-refractivity contribution is 0.261. The number of aryl methyl sites for hydroxylation is 1. The average Bonchev–Trinajstić information content (AvgIpc) is 2.94. The minimum absolute atomic E-state index is 0.00293. The monoisotopic (exact) mass is 518 g/mol. The molecule has 4 rings (SSSR count). The van der Waals surface area contributed by atoms with E-state index in [1.807, 2.05) is 24.3 Å². The van der Waals surface area contributed by atoms with Gasteiger partial charge in [0.2, 0.25) is 5.82 Å². The molecule has 0 spiro atoms. The highest BCUT2D eigenvalue weighted by Gasteiger charge is 2.18. The van der Waals surface area contributed by atoms with Crippen molar-refractivity contribution in [2.24, 2.45) is 11.8 Å². The Balaban J connectivity index is 1.27. The van der Waals surface area contributed by atoms with E-state index in [-0.39, 0.29) is 11.3 Å². The van der Waals surface area contributed by atoms with Crippen molar-refractivity contribution in [3.63, 3.8) is 0 Å². The highest BCUT2D eigenvalue weighted by molar-refractivity contribution is 5.71. The Bertz CT molecular complexity index is 1110. The molecule has 0 amide bonds. The molecule has 0 heterocycles. The number of hydrogen-bond acceptors (Lipinski definition) is 1. The van der Waals surface area contributed by atoms with Crippen LogP contribution >= 0.6 is 0 Å². The van der Waals surface area contributed by atoms with Crippen LogP contribution in [-0.2, 0) is 6.42 Å². The molecular weight excluding hydrogens is 474 g/mol. The first-order valence-electron chi connectivity index (χ1n) is 14.9. The molecule has 3 heteroatoms.